The zero-order valence-electron chi connectivity index (χ0n) is 12.1. The average Bonchev–Trinajstić information content (AvgIpc) is 3.14. The van der Waals surface area contributed by atoms with Crippen molar-refractivity contribution in [2.75, 3.05) is 7.11 Å². The van der Waals surface area contributed by atoms with Crippen LogP contribution in [0, 0.1) is 12.7 Å². The second-order valence-corrected chi connectivity index (χ2v) is 5.14. The van der Waals surface area contributed by atoms with Crippen molar-refractivity contribution in [3.63, 3.8) is 0 Å². The van der Waals surface area contributed by atoms with Crippen LogP contribution in [-0.4, -0.2) is 27.3 Å². The first-order valence-corrected chi connectivity index (χ1v) is 6.84. The molecule has 0 aliphatic heterocycles. The Bertz CT molecular complexity index is 1000. The summed E-state index contributed by atoms with van der Waals surface area (Å²) in [5, 5.41) is 8.19. The third-order valence-electron chi connectivity index (χ3n) is 3.84. The number of fused-ring (bicyclic) bond motifs is 2. The van der Waals surface area contributed by atoms with E-state index in [9.17, 15) is 4.39 Å². The van der Waals surface area contributed by atoms with Gasteiger partial charge in [-0.25, -0.2) is 9.37 Å². The van der Waals surface area contributed by atoms with Crippen LogP contribution in [0.4, 0.5) is 4.39 Å². The highest BCUT2D eigenvalue weighted by molar-refractivity contribution is 5.94. The summed E-state index contributed by atoms with van der Waals surface area (Å²) in [5.41, 5.74) is 3.50. The van der Waals surface area contributed by atoms with Gasteiger partial charge >= 0.3 is 0 Å². The van der Waals surface area contributed by atoms with Gasteiger partial charge < -0.3 is 9.72 Å². The molecule has 5 nitrogen and oxygen atoms in total. The number of aromatic amines is 2. The summed E-state index contributed by atoms with van der Waals surface area (Å²) in [4.78, 5) is 7.70. The second-order valence-electron chi connectivity index (χ2n) is 5.14. The van der Waals surface area contributed by atoms with Gasteiger partial charge in [-0.15, -0.1) is 0 Å². The molecule has 0 unspecified atom stereocenters. The van der Waals surface area contributed by atoms with Crippen molar-refractivity contribution < 1.29 is 9.13 Å². The number of imidazole rings is 1. The van der Waals surface area contributed by atoms with E-state index in [1.165, 1.54) is 6.07 Å². The maximum atomic E-state index is 13.7. The van der Waals surface area contributed by atoms with Crippen LogP contribution in [0.5, 0.6) is 5.75 Å². The van der Waals surface area contributed by atoms with Crippen molar-refractivity contribution in [1.29, 1.82) is 0 Å². The van der Waals surface area contributed by atoms with Crippen LogP contribution < -0.4 is 4.74 Å². The third kappa shape index (κ3) is 1.77. The van der Waals surface area contributed by atoms with Crippen LogP contribution in [0.15, 0.2) is 30.3 Å². The van der Waals surface area contributed by atoms with Crippen molar-refractivity contribution >= 4 is 21.9 Å². The van der Waals surface area contributed by atoms with Gasteiger partial charge in [0.1, 0.15) is 17.3 Å². The molecule has 2 N–H and O–H groups in total. The number of aryl methyl sites for hydroxylation is 1. The van der Waals surface area contributed by atoms with E-state index >= 15 is 0 Å². The summed E-state index contributed by atoms with van der Waals surface area (Å²) in [5.74, 6) is 1.08. The number of halogens is 1. The summed E-state index contributed by atoms with van der Waals surface area (Å²) < 4.78 is 18.9. The first kappa shape index (κ1) is 12.8. The summed E-state index contributed by atoms with van der Waals surface area (Å²) in [6, 6.07) is 8.78. The topological polar surface area (TPSA) is 66.6 Å². The van der Waals surface area contributed by atoms with E-state index in [0.717, 1.165) is 22.2 Å². The van der Waals surface area contributed by atoms with E-state index in [4.69, 9.17) is 4.74 Å². The number of nitrogens with zero attached hydrogens (tertiary/aromatic N) is 2. The number of methoxy groups -OCH3 is 1. The number of hydrogen-bond acceptors (Lipinski definition) is 3. The Morgan fingerprint density at radius 3 is 2.77 bits per heavy atom. The van der Waals surface area contributed by atoms with Gasteiger partial charge in [-0.05, 0) is 37.3 Å². The Balaban J connectivity index is 1.97. The number of H-pyrrole nitrogens is 2. The minimum absolute atomic E-state index is 0.265. The SMILES string of the molecule is COc1ccc2[nH]nc(-c3nc4c(C)c(F)ccc4[nH]3)c2c1. The van der Waals surface area contributed by atoms with E-state index in [2.05, 4.69) is 20.2 Å². The molecule has 0 saturated heterocycles. The summed E-state index contributed by atoms with van der Waals surface area (Å²) >= 11 is 0. The number of benzene rings is 2. The molecule has 2 heterocycles. The molecule has 0 radical (unpaired) electrons. The van der Waals surface area contributed by atoms with E-state index < -0.39 is 0 Å². The minimum atomic E-state index is -0.265. The molecule has 2 aromatic carbocycles. The fourth-order valence-electron chi connectivity index (χ4n) is 2.60. The molecule has 0 fully saturated rings. The number of ether oxygens (including phenoxy) is 1. The van der Waals surface area contributed by atoms with Crippen LogP contribution in [0.25, 0.3) is 33.5 Å². The Labute approximate surface area is 125 Å². The Kier molecular flexibility index (Phi) is 2.66. The maximum Gasteiger partial charge on any atom is 0.159 e. The Hall–Kier alpha value is -2.89. The van der Waals surface area contributed by atoms with E-state index in [0.29, 0.717) is 22.6 Å². The van der Waals surface area contributed by atoms with E-state index in [1.807, 2.05) is 18.2 Å². The standard InChI is InChI=1S/C16H13FN4O/c1-8-11(17)4-6-13-14(8)19-16(18-13)15-10-7-9(22-2)3-5-12(10)20-21-15/h3-7H,1-2H3,(H,18,19)(H,20,21). The number of aromatic nitrogens is 4. The minimum Gasteiger partial charge on any atom is -0.497 e. The predicted molar refractivity (Wildman–Crippen MR) is 82.4 cm³/mol. The zero-order valence-corrected chi connectivity index (χ0v) is 12.1. The highest BCUT2D eigenvalue weighted by atomic mass is 19.1. The molecule has 4 aromatic rings. The van der Waals surface area contributed by atoms with Crippen molar-refractivity contribution in [3.05, 3.63) is 41.7 Å². The summed E-state index contributed by atoms with van der Waals surface area (Å²) in [6.07, 6.45) is 0. The van der Waals surface area contributed by atoms with E-state index in [1.54, 1.807) is 20.1 Å². The van der Waals surface area contributed by atoms with Gasteiger partial charge in [-0.2, -0.15) is 5.10 Å². The van der Waals surface area contributed by atoms with Gasteiger partial charge in [0.15, 0.2) is 5.82 Å². The number of hydrogen-bond donors (Lipinski definition) is 2. The fraction of sp³-hybridized carbons (Fsp3) is 0.125. The van der Waals surface area contributed by atoms with Crippen LogP contribution in [0.2, 0.25) is 0 Å². The molecule has 2 aromatic heterocycles. The first-order valence-electron chi connectivity index (χ1n) is 6.84. The lowest BCUT2D eigenvalue weighted by atomic mass is 10.2. The largest absolute Gasteiger partial charge is 0.497 e. The molecule has 110 valence electrons. The molecule has 22 heavy (non-hydrogen) atoms. The smallest absolute Gasteiger partial charge is 0.159 e. The average molecular weight is 296 g/mol. The molecule has 0 spiro atoms. The fourth-order valence-corrected chi connectivity index (χ4v) is 2.60. The van der Waals surface area contributed by atoms with Crippen molar-refractivity contribution in [2.45, 2.75) is 6.92 Å². The first-order chi connectivity index (χ1) is 10.7. The Morgan fingerprint density at radius 2 is 1.95 bits per heavy atom. The molecule has 0 bridgehead atoms. The number of nitrogens with one attached hydrogen (secondary N) is 2. The van der Waals surface area contributed by atoms with Gasteiger partial charge in [-0.3, -0.25) is 5.10 Å². The molecule has 4 rings (SSSR count). The van der Waals surface area contributed by atoms with Crippen LogP contribution >= 0.6 is 0 Å². The molecular weight excluding hydrogens is 283 g/mol. The molecule has 0 aliphatic carbocycles. The quantitative estimate of drug-likeness (QED) is 0.594. The third-order valence-corrected chi connectivity index (χ3v) is 3.84. The van der Waals surface area contributed by atoms with Gasteiger partial charge in [-0.1, -0.05) is 0 Å². The molecule has 0 amide bonds. The maximum absolute atomic E-state index is 13.7. The molecule has 0 atom stereocenters. The van der Waals surface area contributed by atoms with Gasteiger partial charge in [0, 0.05) is 10.9 Å². The number of rotatable bonds is 2. The second kappa shape index (κ2) is 4.56. The summed E-state index contributed by atoms with van der Waals surface area (Å²) in [6.45, 7) is 1.72. The zero-order chi connectivity index (χ0) is 15.3. The van der Waals surface area contributed by atoms with Gasteiger partial charge in [0.25, 0.3) is 0 Å². The predicted octanol–water partition coefficient (Wildman–Crippen LogP) is 3.56. The monoisotopic (exact) mass is 296 g/mol. The van der Waals surface area contributed by atoms with Crippen LogP contribution in [0.3, 0.4) is 0 Å². The highest BCUT2D eigenvalue weighted by Gasteiger charge is 2.15. The van der Waals surface area contributed by atoms with Crippen LogP contribution in [0.1, 0.15) is 5.56 Å². The van der Waals surface area contributed by atoms with E-state index in [-0.39, 0.29) is 5.82 Å². The Morgan fingerprint density at radius 1 is 1.14 bits per heavy atom. The van der Waals surface area contributed by atoms with Crippen molar-refractivity contribution in [2.24, 2.45) is 0 Å². The highest BCUT2D eigenvalue weighted by Crippen LogP contribution is 2.29. The molecule has 0 saturated carbocycles. The van der Waals surface area contributed by atoms with Crippen molar-refractivity contribution in [3.8, 4) is 17.3 Å². The summed E-state index contributed by atoms with van der Waals surface area (Å²) in [7, 11) is 1.62. The normalized spacial score (nSPS) is 11.4. The molecular formula is C16H13FN4O. The van der Waals surface area contributed by atoms with Crippen LogP contribution in [-0.2, 0) is 0 Å². The lowest BCUT2D eigenvalue weighted by molar-refractivity contribution is 0.415. The van der Waals surface area contributed by atoms with Crippen molar-refractivity contribution in [1.82, 2.24) is 20.2 Å². The molecule has 0 aliphatic rings. The lowest BCUT2D eigenvalue weighted by Gasteiger charge is -1.99. The van der Waals surface area contributed by atoms with Gasteiger partial charge in [0.2, 0.25) is 0 Å². The molecule has 6 heteroatoms. The lowest BCUT2D eigenvalue weighted by Crippen LogP contribution is -1.84. The van der Waals surface area contributed by atoms with Gasteiger partial charge in [0.05, 0.1) is 23.7 Å².